The summed E-state index contributed by atoms with van der Waals surface area (Å²) in [6.07, 6.45) is 1.76. The van der Waals surface area contributed by atoms with E-state index in [1.807, 2.05) is 59.5 Å². The highest BCUT2D eigenvalue weighted by Gasteiger charge is 2.21. The maximum atomic E-state index is 12.5. The number of benzene rings is 2. The van der Waals surface area contributed by atoms with Crippen molar-refractivity contribution in [1.29, 1.82) is 0 Å². The predicted octanol–water partition coefficient (Wildman–Crippen LogP) is 3.62. The number of carbonyl (C=O) groups is 1. The van der Waals surface area contributed by atoms with Gasteiger partial charge >= 0.3 is 0 Å². The largest absolute Gasteiger partial charge is 0.484 e. The highest BCUT2D eigenvalue weighted by atomic mass is 35.5. The van der Waals surface area contributed by atoms with Gasteiger partial charge in [0.25, 0.3) is 5.91 Å². The maximum absolute atomic E-state index is 12.5. The minimum atomic E-state index is 0.00651. The quantitative estimate of drug-likeness (QED) is 0.692. The van der Waals surface area contributed by atoms with Crippen LogP contribution in [0.4, 0.5) is 5.69 Å². The predicted molar refractivity (Wildman–Crippen MR) is 107 cm³/mol. The number of rotatable bonds is 4. The Hall–Kier alpha value is -2.79. The Morgan fingerprint density at radius 1 is 1.04 bits per heavy atom. The molecule has 0 spiro atoms. The number of anilines is 1. The topological polar surface area (TPSA) is 45.7 Å². The summed E-state index contributed by atoms with van der Waals surface area (Å²) < 4.78 is 5.71. The number of hydrogen-bond donors (Lipinski definition) is 0. The SMILES string of the molecule is O=C(COc1ccc2ncccc2c1)N1CCN(c2cccc(Cl)c2)CC1. The molecule has 1 aliphatic rings. The molecule has 0 atom stereocenters. The first-order valence-corrected chi connectivity index (χ1v) is 9.33. The minimum Gasteiger partial charge on any atom is -0.484 e. The van der Waals surface area contributed by atoms with Crippen LogP contribution in [0.2, 0.25) is 5.02 Å². The maximum Gasteiger partial charge on any atom is 0.260 e. The summed E-state index contributed by atoms with van der Waals surface area (Å²) in [5, 5.41) is 1.72. The fraction of sp³-hybridized carbons (Fsp3) is 0.238. The first-order chi connectivity index (χ1) is 13.2. The third kappa shape index (κ3) is 4.14. The van der Waals surface area contributed by atoms with E-state index in [9.17, 15) is 4.79 Å². The van der Waals surface area contributed by atoms with Gasteiger partial charge in [-0.1, -0.05) is 23.7 Å². The molecule has 1 fully saturated rings. The number of fused-ring (bicyclic) bond motifs is 1. The van der Waals surface area contributed by atoms with Gasteiger partial charge in [-0.25, -0.2) is 0 Å². The Kier molecular flexibility index (Phi) is 5.12. The molecule has 0 saturated carbocycles. The van der Waals surface area contributed by atoms with E-state index in [0.29, 0.717) is 18.8 Å². The van der Waals surface area contributed by atoms with Gasteiger partial charge in [-0.2, -0.15) is 0 Å². The number of halogens is 1. The standard InChI is InChI=1S/C21H20ClN3O2/c22-17-4-1-5-18(14-17)24-9-11-25(12-10-24)21(26)15-27-19-6-7-20-16(13-19)3-2-8-23-20/h1-8,13-14H,9-12,15H2. The van der Waals surface area contributed by atoms with Crippen LogP contribution in [0.15, 0.2) is 60.8 Å². The highest BCUT2D eigenvalue weighted by Crippen LogP contribution is 2.21. The van der Waals surface area contributed by atoms with Gasteiger partial charge in [-0.3, -0.25) is 9.78 Å². The Morgan fingerprint density at radius 3 is 2.70 bits per heavy atom. The van der Waals surface area contributed by atoms with Crippen molar-refractivity contribution < 1.29 is 9.53 Å². The molecule has 138 valence electrons. The Bertz CT molecular complexity index is 955. The number of pyridine rings is 1. The van der Waals surface area contributed by atoms with Crippen LogP contribution in [-0.2, 0) is 4.79 Å². The number of hydrogen-bond acceptors (Lipinski definition) is 4. The van der Waals surface area contributed by atoms with Gasteiger partial charge in [0.2, 0.25) is 0 Å². The average Bonchev–Trinajstić information content (AvgIpc) is 2.72. The fourth-order valence-electron chi connectivity index (χ4n) is 3.27. The van der Waals surface area contributed by atoms with E-state index in [1.54, 1.807) is 6.20 Å². The van der Waals surface area contributed by atoms with Crippen LogP contribution in [0.1, 0.15) is 0 Å². The lowest BCUT2D eigenvalue weighted by Gasteiger charge is -2.36. The first-order valence-electron chi connectivity index (χ1n) is 8.95. The van der Waals surface area contributed by atoms with E-state index in [0.717, 1.165) is 34.7 Å². The van der Waals surface area contributed by atoms with Crippen LogP contribution in [0.3, 0.4) is 0 Å². The molecule has 27 heavy (non-hydrogen) atoms. The van der Waals surface area contributed by atoms with Gasteiger partial charge in [0.1, 0.15) is 5.75 Å². The number of carbonyl (C=O) groups excluding carboxylic acids is 1. The number of piperazine rings is 1. The third-order valence-electron chi connectivity index (χ3n) is 4.74. The van der Waals surface area contributed by atoms with E-state index >= 15 is 0 Å². The molecule has 2 heterocycles. The van der Waals surface area contributed by atoms with E-state index in [1.165, 1.54) is 0 Å². The number of nitrogens with zero attached hydrogens (tertiary/aromatic N) is 3. The first kappa shape index (κ1) is 17.6. The zero-order chi connectivity index (χ0) is 18.6. The normalized spacial score (nSPS) is 14.4. The van der Waals surface area contributed by atoms with Gasteiger partial charge in [0.05, 0.1) is 5.52 Å². The summed E-state index contributed by atoms with van der Waals surface area (Å²) in [5.41, 5.74) is 2.00. The lowest BCUT2D eigenvalue weighted by atomic mass is 10.2. The Labute approximate surface area is 163 Å². The van der Waals surface area contributed by atoms with Crippen molar-refractivity contribution in [2.45, 2.75) is 0 Å². The lowest BCUT2D eigenvalue weighted by molar-refractivity contribution is -0.133. The van der Waals surface area contributed by atoms with Gasteiger partial charge in [0.15, 0.2) is 6.61 Å². The van der Waals surface area contributed by atoms with Crippen molar-refractivity contribution in [2.75, 3.05) is 37.7 Å². The van der Waals surface area contributed by atoms with Crippen molar-refractivity contribution in [3.05, 3.63) is 65.8 Å². The summed E-state index contributed by atoms with van der Waals surface area (Å²) in [6.45, 7) is 2.97. The van der Waals surface area contributed by atoms with Crippen LogP contribution < -0.4 is 9.64 Å². The second-order valence-corrected chi connectivity index (χ2v) is 6.93. The van der Waals surface area contributed by atoms with Crippen molar-refractivity contribution in [1.82, 2.24) is 9.88 Å². The second-order valence-electron chi connectivity index (χ2n) is 6.49. The van der Waals surface area contributed by atoms with Gasteiger partial charge in [-0.15, -0.1) is 0 Å². The van der Waals surface area contributed by atoms with Crippen molar-refractivity contribution in [3.63, 3.8) is 0 Å². The van der Waals surface area contributed by atoms with Gasteiger partial charge in [-0.05, 0) is 42.5 Å². The van der Waals surface area contributed by atoms with Gasteiger partial charge < -0.3 is 14.5 Å². The average molecular weight is 382 g/mol. The summed E-state index contributed by atoms with van der Waals surface area (Å²) in [4.78, 5) is 20.9. The van der Waals surface area contributed by atoms with Gasteiger partial charge in [0, 0.05) is 48.5 Å². The fourth-order valence-corrected chi connectivity index (χ4v) is 3.45. The molecule has 3 aromatic rings. The van der Waals surface area contributed by atoms with E-state index in [4.69, 9.17) is 16.3 Å². The smallest absolute Gasteiger partial charge is 0.260 e. The molecule has 1 aromatic heterocycles. The molecule has 0 bridgehead atoms. The van der Waals surface area contributed by atoms with Crippen LogP contribution >= 0.6 is 11.6 Å². The number of aromatic nitrogens is 1. The molecule has 1 saturated heterocycles. The molecular weight excluding hydrogens is 362 g/mol. The van der Waals surface area contributed by atoms with Crippen LogP contribution in [0, 0.1) is 0 Å². The highest BCUT2D eigenvalue weighted by molar-refractivity contribution is 6.30. The number of ether oxygens (including phenoxy) is 1. The van der Waals surface area contributed by atoms with E-state index in [-0.39, 0.29) is 12.5 Å². The minimum absolute atomic E-state index is 0.00651. The molecule has 1 amide bonds. The molecule has 0 aliphatic carbocycles. The molecule has 4 rings (SSSR count). The number of amides is 1. The van der Waals surface area contributed by atoms with Crippen molar-refractivity contribution in [2.24, 2.45) is 0 Å². The Balaban J connectivity index is 1.31. The van der Waals surface area contributed by atoms with Crippen LogP contribution in [-0.4, -0.2) is 48.6 Å². The van der Waals surface area contributed by atoms with Crippen molar-refractivity contribution in [3.8, 4) is 5.75 Å². The molecule has 1 aliphatic heterocycles. The molecule has 0 radical (unpaired) electrons. The third-order valence-corrected chi connectivity index (χ3v) is 4.98. The second kappa shape index (κ2) is 7.84. The summed E-state index contributed by atoms with van der Waals surface area (Å²) in [7, 11) is 0. The molecule has 6 heteroatoms. The zero-order valence-electron chi connectivity index (χ0n) is 14.8. The molecule has 2 aromatic carbocycles. The monoisotopic (exact) mass is 381 g/mol. The summed E-state index contributed by atoms with van der Waals surface area (Å²) in [5.74, 6) is 0.688. The summed E-state index contributed by atoms with van der Waals surface area (Å²) in [6, 6.07) is 17.3. The molecular formula is C21H20ClN3O2. The molecule has 5 nitrogen and oxygen atoms in total. The van der Waals surface area contributed by atoms with E-state index < -0.39 is 0 Å². The molecule has 0 unspecified atom stereocenters. The zero-order valence-corrected chi connectivity index (χ0v) is 15.6. The Morgan fingerprint density at radius 2 is 1.89 bits per heavy atom. The van der Waals surface area contributed by atoms with Crippen LogP contribution in [0.25, 0.3) is 10.9 Å². The summed E-state index contributed by atoms with van der Waals surface area (Å²) >= 11 is 6.07. The molecule has 0 N–H and O–H groups in total. The lowest BCUT2D eigenvalue weighted by Crippen LogP contribution is -2.50. The van der Waals surface area contributed by atoms with Crippen LogP contribution in [0.5, 0.6) is 5.75 Å². The van der Waals surface area contributed by atoms with E-state index in [2.05, 4.69) is 9.88 Å². The van der Waals surface area contributed by atoms with Crippen molar-refractivity contribution >= 4 is 34.1 Å².